The van der Waals surface area contributed by atoms with Crippen molar-refractivity contribution < 1.29 is 14.5 Å². The zero-order valence-corrected chi connectivity index (χ0v) is 14.9. The molecule has 2 aromatic rings. The Morgan fingerprint density at radius 1 is 1.20 bits per heavy atom. The molecule has 0 heterocycles. The highest BCUT2D eigenvalue weighted by Crippen LogP contribution is 2.21. The van der Waals surface area contributed by atoms with Crippen LogP contribution in [0, 0.1) is 17.0 Å². The maximum atomic E-state index is 10.6. The molecule has 0 aliphatic carbocycles. The molecule has 6 heteroatoms. The largest absolute Gasteiger partial charge is 0.491 e. The maximum Gasteiger partial charge on any atom is 0.269 e. The van der Waals surface area contributed by atoms with Crippen LogP contribution in [0.4, 0.5) is 5.69 Å². The van der Waals surface area contributed by atoms with Gasteiger partial charge in [0.2, 0.25) is 0 Å². The summed E-state index contributed by atoms with van der Waals surface area (Å²) in [6.45, 7) is 8.08. The van der Waals surface area contributed by atoms with Crippen LogP contribution in [0.2, 0.25) is 0 Å². The van der Waals surface area contributed by atoms with Gasteiger partial charge in [-0.15, -0.1) is 0 Å². The van der Waals surface area contributed by atoms with Crippen molar-refractivity contribution in [3.05, 3.63) is 69.3 Å². The first-order chi connectivity index (χ1) is 11.9. The number of oxime groups is 1. The van der Waals surface area contributed by atoms with Crippen molar-refractivity contribution in [1.82, 2.24) is 0 Å². The van der Waals surface area contributed by atoms with E-state index in [1.54, 1.807) is 12.1 Å². The Bertz CT molecular complexity index is 767. The Labute approximate surface area is 147 Å². The van der Waals surface area contributed by atoms with Gasteiger partial charge in [0.25, 0.3) is 5.69 Å². The molecule has 25 heavy (non-hydrogen) atoms. The van der Waals surface area contributed by atoms with Crippen molar-refractivity contribution in [1.29, 1.82) is 0 Å². The summed E-state index contributed by atoms with van der Waals surface area (Å²) in [7, 11) is 0. The van der Waals surface area contributed by atoms with Gasteiger partial charge >= 0.3 is 0 Å². The number of hydrogen-bond acceptors (Lipinski definition) is 5. The Kier molecular flexibility index (Phi) is 6.11. The third-order valence-corrected chi connectivity index (χ3v) is 3.55. The third kappa shape index (κ3) is 5.31. The van der Waals surface area contributed by atoms with Crippen molar-refractivity contribution >= 4 is 11.4 Å². The van der Waals surface area contributed by atoms with E-state index in [4.69, 9.17) is 9.57 Å². The van der Waals surface area contributed by atoms with E-state index in [9.17, 15) is 10.1 Å². The normalized spacial score (nSPS) is 11.5. The number of rotatable bonds is 7. The van der Waals surface area contributed by atoms with Crippen LogP contribution < -0.4 is 4.74 Å². The van der Waals surface area contributed by atoms with Crippen LogP contribution in [-0.2, 0) is 11.4 Å². The average molecular weight is 342 g/mol. The molecule has 0 spiro atoms. The fraction of sp³-hybridized carbons (Fsp3) is 0.316. The molecule has 2 aromatic carbocycles. The predicted octanol–water partition coefficient (Wildman–Crippen LogP) is 4.63. The zero-order valence-electron chi connectivity index (χ0n) is 14.9. The summed E-state index contributed by atoms with van der Waals surface area (Å²) in [5.74, 6) is 0.831. The van der Waals surface area contributed by atoms with E-state index in [0.717, 1.165) is 28.2 Å². The number of nitrogens with zero attached hydrogens (tertiary/aromatic N) is 2. The number of ether oxygens (including phenoxy) is 1. The standard InChI is InChI=1S/C19H22N2O4/c1-13(2)25-19-11-17(8-5-14(19)3)15(4)20-24-12-16-6-9-18(10-7-16)21(22)23/h5-11,13H,12H2,1-4H3/b20-15+. The molecule has 0 aliphatic heterocycles. The molecule has 0 atom stereocenters. The van der Waals surface area contributed by atoms with E-state index in [1.807, 2.05) is 45.9 Å². The second-order valence-electron chi connectivity index (χ2n) is 6.02. The molecule has 0 amide bonds. The summed E-state index contributed by atoms with van der Waals surface area (Å²) in [6.07, 6.45) is 0.101. The second kappa shape index (κ2) is 8.28. The van der Waals surface area contributed by atoms with Crippen molar-refractivity contribution in [2.45, 2.75) is 40.4 Å². The molecule has 0 saturated carbocycles. The lowest BCUT2D eigenvalue weighted by atomic mass is 10.1. The topological polar surface area (TPSA) is 74.0 Å². The minimum Gasteiger partial charge on any atom is -0.491 e. The molecule has 0 fully saturated rings. The summed E-state index contributed by atoms with van der Waals surface area (Å²) in [5.41, 5.74) is 3.59. The monoisotopic (exact) mass is 342 g/mol. The van der Waals surface area contributed by atoms with E-state index < -0.39 is 4.92 Å². The number of benzene rings is 2. The van der Waals surface area contributed by atoms with Gasteiger partial charge < -0.3 is 9.57 Å². The van der Waals surface area contributed by atoms with E-state index in [0.29, 0.717) is 0 Å². The van der Waals surface area contributed by atoms with Gasteiger partial charge in [0.05, 0.1) is 16.7 Å². The maximum absolute atomic E-state index is 10.6. The summed E-state index contributed by atoms with van der Waals surface area (Å²) >= 11 is 0. The van der Waals surface area contributed by atoms with Crippen LogP contribution >= 0.6 is 0 Å². The smallest absolute Gasteiger partial charge is 0.269 e. The van der Waals surface area contributed by atoms with Gasteiger partial charge in [0.15, 0.2) is 0 Å². The van der Waals surface area contributed by atoms with Gasteiger partial charge in [-0.25, -0.2) is 0 Å². The van der Waals surface area contributed by atoms with Crippen LogP contribution in [0.5, 0.6) is 5.75 Å². The van der Waals surface area contributed by atoms with Crippen LogP contribution in [0.25, 0.3) is 0 Å². The molecule has 0 aromatic heterocycles. The Balaban J connectivity index is 2.02. The molecule has 0 saturated heterocycles. The van der Waals surface area contributed by atoms with Gasteiger partial charge in [-0.05, 0) is 57.0 Å². The van der Waals surface area contributed by atoms with Crippen LogP contribution in [-0.4, -0.2) is 16.7 Å². The highest BCUT2D eigenvalue weighted by atomic mass is 16.6. The average Bonchev–Trinajstić information content (AvgIpc) is 2.56. The molecule has 2 rings (SSSR count). The van der Waals surface area contributed by atoms with Gasteiger partial charge in [-0.3, -0.25) is 10.1 Å². The Hall–Kier alpha value is -2.89. The summed E-state index contributed by atoms with van der Waals surface area (Å²) in [5, 5.41) is 14.8. The molecular weight excluding hydrogens is 320 g/mol. The molecule has 0 N–H and O–H groups in total. The van der Waals surface area contributed by atoms with E-state index in [1.165, 1.54) is 12.1 Å². The van der Waals surface area contributed by atoms with E-state index in [2.05, 4.69) is 5.16 Å². The number of hydrogen-bond donors (Lipinski definition) is 0. The first-order valence-corrected chi connectivity index (χ1v) is 8.04. The molecule has 0 aliphatic rings. The van der Waals surface area contributed by atoms with Gasteiger partial charge in [-0.2, -0.15) is 0 Å². The van der Waals surface area contributed by atoms with Gasteiger partial charge in [0.1, 0.15) is 12.4 Å². The molecule has 6 nitrogen and oxygen atoms in total. The molecule has 0 radical (unpaired) electrons. The molecule has 0 unspecified atom stereocenters. The van der Waals surface area contributed by atoms with Crippen molar-refractivity contribution in [3.63, 3.8) is 0 Å². The van der Waals surface area contributed by atoms with Crippen molar-refractivity contribution in [2.75, 3.05) is 0 Å². The fourth-order valence-corrected chi connectivity index (χ4v) is 2.18. The minimum atomic E-state index is -0.429. The fourth-order valence-electron chi connectivity index (χ4n) is 2.18. The van der Waals surface area contributed by atoms with E-state index in [-0.39, 0.29) is 18.4 Å². The Morgan fingerprint density at radius 2 is 1.88 bits per heavy atom. The quantitative estimate of drug-likeness (QED) is 0.418. The highest BCUT2D eigenvalue weighted by molar-refractivity contribution is 5.98. The predicted molar refractivity (Wildman–Crippen MR) is 97.0 cm³/mol. The van der Waals surface area contributed by atoms with E-state index >= 15 is 0 Å². The van der Waals surface area contributed by atoms with Gasteiger partial charge in [-0.1, -0.05) is 17.3 Å². The summed E-state index contributed by atoms with van der Waals surface area (Å²) in [6, 6.07) is 12.1. The minimum absolute atomic E-state index is 0.0563. The number of nitro benzene ring substituents is 1. The number of aryl methyl sites for hydroxylation is 1. The number of nitro groups is 1. The molecule has 0 bridgehead atoms. The highest BCUT2D eigenvalue weighted by Gasteiger charge is 2.07. The zero-order chi connectivity index (χ0) is 18.4. The lowest BCUT2D eigenvalue weighted by molar-refractivity contribution is -0.384. The summed E-state index contributed by atoms with van der Waals surface area (Å²) in [4.78, 5) is 15.6. The first kappa shape index (κ1) is 18.4. The lowest BCUT2D eigenvalue weighted by Crippen LogP contribution is -2.07. The SMILES string of the molecule is C/C(=N\OCc1ccc([N+](=O)[O-])cc1)c1ccc(C)c(OC(C)C)c1. The lowest BCUT2D eigenvalue weighted by Gasteiger charge is -2.13. The third-order valence-electron chi connectivity index (χ3n) is 3.55. The van der Waals surface area contributed by atoms with Crippen LogP contribution in [0.1, 0.15) is 37.5 Å². The van der Waals surface area contributed by atoms with Crippen LogP contribution in [0.15, 0.2) is 47.6 Å². The Morgan fingerprint density at radius 3 is 2.48 bits per heavy atom. The molecular formula is C19H22N2O4. The van der Waals surface area contributed by atoms with Gasteiger partial charge in [0, 0.05) is 17.7 Å². The second-order valence-corrected chi connectivity index (χ2v) is 6.02. The summed E-state index contributed by atoms with van der Waals surface area (Å²) < 4.78 is 5.79. The first-order valence-electron chi connectivity index (χ1n) is 8.04. The molecule has 132 valence electrons. The van der Waals surface area contributed by atoms with Crippen LogP contribution in [0.3, 0.4) is 0 Å². The van der Waals surface area contributed by atoms with Crippen molar-refractivity contribution in [3.8, 4) is 5.75 Å². The number of non-ortho nitro benzene ring substituents is 1. The van der Waals surface area contributed by atoms with Crippen molar-refractivity contribution in [2.24, 2.45) is 5.16 Å².